The van der Waals surface area contributed by atoms with Crippen LogP contribution in [-0.4, -0.2) is 11.1 Å². The molecule has 2 nitrogen and oxygen atoms in total. The number of fused-ring (bicyclic) bond motifs is 1. The van der Waals surface area contributed by atoms with Crippen LogP contribution >= 0.6 is 0 Å². The molecule has 0 aliphatic heterocycles. The van der Waals surface area contributed by atoms with Crippen molar-refractivity contribution >= 4 is 16.7 Å². The molecule has 3 rings (SSSR count). The van der Waals surface area contributed by atoms with E-state index in [-0.39, 0.29) is 0 Å². The molecule has 0 radical (unpaired) electrons. The molecule has 98 valence electrons. The summed E-state index contributed by atoms with van der Waals surface area (Å²) in [6.45, 7) is 1.86. The van der Waals surface area contributed by atoms with E-state index >= 15 is 0 Å². The topological polar surface area (TPSA) is 37.3 Å². The van der Waals surface area contributed by atoms with Crippen LogP contribution in [0.3, 0.4) is 0 Å². The second-order valence-corrected chi connectivity index (χ2v) is 4.85. The van der Waals surface area contributed by atoms with E-state index in [2.05, 4.69) is 24.3 Å². The summed E-state index contributed by atoms with van der Waals surface area (Å²) in [4.78, 5) is 11.2. The van der Waals surface area contributed by atoms with Crippen molar-refractivity contribution in [3.8, 4) is 11.1 Å². The fraction of sp³-hybridized carbons (Fsp3) is 0.0556. The second kappa shape index (κ2) is 4.82. The maximum absolute atomic E-state index is 11.2. The van der Waals surface area contributed by atoms with Crippen LogP contribution in [-0.2, 0) is 0 Å². The van der Waals surface area contributed by atoms with Gasteiger partial charge in [0.25, 0.3) is 0 Å². The lowest BCUT2D eigenvalue weighted by Crippen LogP contribution is -2.00. The Bertz CT molecular complexity index is 803. The highest BCUT2D eigenvalue weighted by molar-refractivity contribution is 5.93. The molecule has 0 saturated heterocycles. The van der Waals surface area contributed by atoms with Gasteiger partial charge in [-0.1, -0.05) is 48.5 Å². The van der Waals surface area contributed by atoms with Crippen LogP contribution in [0.4, 0.5) is 0 Å². The number of aromatic carboxylic acids is 1. The van der Waals surface area contributed by atoms with Gasteiger partial charge in [-0.25, -0.2) is 4.79 Å². The molecule has 0 bridgehead atoms. The minimum atomic E-state index is -0.884. The molecule has 1 N–H and O–H groups in total. The number of benzene rings is 3. The quantitative estimate of drug-likeness (QED) is 0.737. The van der Waals surface area contributed by atoms with E-state index in [9.17, 15) is 9.90 Å². The summed E-state index contributed by atoms with van der Waals surface area (Å²) in [5.74, 6) is -0.884. The third-order valence-corrected chi connectivity index (χ3v) is 3.62. The molecular formula is C18H14O2. The molecular weight excluding hydrogens is 248 g/mol. The summed E-state index contributed by atoms with van der Waals surface area (Å²) in [5.41, 5.74) is 3.17. The van der Waals surface area contributed by atoms with E-state index < -0.39 is 5.97 Å². The molecule has 0 amide bonds. The van der Waals surface area contributed by atoms with Crippen molar-refractivity contribution in [3.63, 3.8) is 0 Å². The number of rotatable bonds is 2. The van der Waals surface area contributed by atoms with Crippen LogP contribution in [0.5, 0.6) is 0 Å². The van der Waals surface area contributed by atoms with E-state index in [0.717, 1.165) is 22.1 Å². The van der Waals surface area contributed by atoms with Crippen molar-refractivity contribution in [2.24, 2.45) is 0 Å². The summed E-state index contributed by atoms with van der Waals surface area (Å²) >= 11 is 0. The Morgan fingerprint density at radius 2 is 1.65 bits per heavy atom. The summed E-state index contributed by atoms with van der Waals surface area (Å²) < 4.78 is 0. The van der Waals surface area contributed by atoms with Gasteiger partial charge >= 0.3 is 5.97 Å². The Morgan fingerprint density at radius 3 is 2.40 bits per heavy atom. The average molecular weight is 262 g/mol. The highest BCUT2D eigenvalue weighted by Gasteiger charge is 2.11. The minimum absolute atomic E-state index is 0.357. The molecule has 0 fully saturated rings. The van der Waals surface area contributed by atoms with Crippen molar-refractivity contribution in [2.45, 2.75) is 6.92 Å². The molecule has 2 heteroatoms. The lowest BCUT2D eigenvalue weighted by molar-refractivity contribution is 0.0696. The Labute approximate surface area is 117 Å². The smallest absolute Gasteiger partial charge is 0.335 e. The van der Waals surface area contributed by atoms with Crippen LogP contribution < -0.4 is 0 Å². The zero-order chi connectivity index (χ0) is 14.1. The normalized spacial score (nSPS) is 10.7. The van der Waals surface area contributed by atoms with Crippen molar-refractivity contribution in [1.82, 2.24) is 0 Å². The molecule has 3 aromatic carbocycles. The van der Waals surface area contributed by atoms with E-state index in [4.69, 9.17) is 0 Å². The molecule has 20 heavy (non-hydrogen) atoms. The van der Waals surface area contributed by atoms with Crippen molar-refractivity contribution in [1.29, 1.82) is 0 Å². The largest absolute Gasteiger partial charge is 0.478 e. The maximum atomic E-state index is 11.2. The Hall–Kier alpha value is -2.61. The van der Waals surface area contributed by atoms with Crippen molar-refractivity contribution in [3.05, 3.63) is 71.8 Å². The van der Waals surface area contributed by atoms with Gasteiger partial charge in [0, 0.05) is 0 Å². The highest BCUT2D eigenvalue weighted by Crippen LogP contribution is 2.28. The third-order valence-electron chi connectivity index (χ3n) is 3.62. The predicted octanol–water partition coefficient (Wildman–Crippen LogP) is 4.51. The van der Waals surface area contributed by atoms with E-state index in [1.807, 2.05) is 31.2 Å². The van der Waals surface area contributed by atoms with Gasteiger partial charge in [0.2, 0.25) is 0 Å². The first-order valence-electron chi connectivity index (χ1n) is 6.49. The predicted molar refractivity (Wildman–Crippen MR) is 81.1 cm³/mol. The van der Waals surface area contributed by atoms with Gasteiger partial charge in [-0.15, -0.1) is 0 Å². The van der Waals surface area contributed by atoms with Crippen LogP contribution in [0, 0.1) is 6.92 Å². The molecule has 0 unspecified atom stereocenters. The minimum Gasteiger partial charge on any atom is -0.478 e. The SMILES string of the molecule is Cc1c(C(=O)O)cccc1-c1ccc2ccccc2c1. The number of carboxylic acid groups (broad SMARTS) is 1. The summed E-state index contributed by atoms with van der Waals surface area (Å²) in [6, 6.07) is 19.8. The fourth-order valence-electron chi connectivity index (χ4n) is 2.54. The van der Waals surface area contributed by atoms with Gasteiger partial charge in [-0.05, 0) is 46.5 Å². The fourth-order valence-corrected chi connectivity index (χ4v) is 2.54. The number of carboxylic acids is 1. The first kappa shape index (κ1) is 12.4. The average Bonchev–Trinajstić information content (AvgIpc) is 2.46. The Morgan fingerprint density at radius 1 is 0.900 bits per heavy atom. The third kappa shape index (κ3) is 2.05. The van der Waals surface area contributed by atoms with Crippen LogP contribution in [0.1, 0.15) is 15.9 Å². The van der Waals surface area contributed by atoms with E-state index in [0.29, 0.717) is 5.56 Å². The van der Waals surface area contributed by atoms with Gasteiger partial charge in [-0.3, -0.25) is 0 Å². The molecule has 3 aromatic rings. The number of hydrogen-bond donors (Lipinski definition) is 1. The van der Waals surface area contributed by atoms with Crippen molar-refractivity contribution < 1.29 is 9.90 Å². The van der Waals surface area contributed by atoms with Crippen molar-refractivity contribution in [2.75, 3.05) is 0 Å². The summed E-state index contributed by atoms with van der Waals surface area (Å²) in [5, 5.41) is 11.5. The monoisotopic (exact) mass is 262 g/mol. The van der Waals surface area contributed by atoms with Gasteiger partial charge < -0.3 is 5.11 Å². The zero-order valence-electron chi connectivity index (χ0n) is 11.1. The van der Waals surface area contributed by atoms with Crippen LogP contribution in [0.2, 0.25) is 0 Å². The van der Waals surface area contributed by atoms with Gasteiger partial charge in [0.05, 0.1) is 5.56 Å². The molecule has 0 aliphatic carbocycles. The molecule has 0 heterocycles. The van der Waals surface area contributed by atoms with Crippen LogP contribution in [0.25, 0.3) is 21.9 Å². The van der Waals surface area contributed by atoms with Gasteiger partial charge in [-0.2, -0.15) is 0 Å². The van der Waals surface area contributed by atoms with Gasteiger partial charge in [0.1, 0.15) is 0 Å². The summed E-state index contributed by atoms with van der Waals surface area (Å²) in [6.07, 6.45) is 0. The van der Waals surface area contributed by atoms with Gasteiger partial charge in [0.15, 0.2) is 0 Å². The first-order valence-corrected chi connectivity index (χ1v) is 6.49. The lowest BCUT2D eigenvalue weighted by atomic mass is 9.95. The molecule has 0 aliphatic rings. The highest BCUT2D eigenvalue weighted by atomic mass is 16.4. The summed E-state index contributed by atoms with van der Waals surface area (Å²) in [7, 11) is 0. The number of hydrogen-bond acceptors (Lipinski definition) is 1. The molecule has 0 atom stereocenters. The maximum Gasteiger partial charge on any atom is 0.335 e. The Balaban J connectivity index is 2.20. The zero-order valence-corrected chi connectivity index (χ0v) is 11.1. The van der Waals surface area contributed by atoms with Crippen LogP contribution in [0.15, 0.2) is 60.7 Å². The molecule has 0 aromatic heterocycles. The van der Waals surface area contributed by atoms with E-state index in [1.165, 1.54) is 5.39 Å². The standard InChI is InChI=1S/C18H14O2/c1-12-16(7-4-8-17(12)18(19)20)15-10-9-13-5-2-3-6-14(13)11-15/h2-11H,1H3,(H,19,20). The molecule has 0 saturated carbocycles. The second-order valence-electron chi connectivity index (χ2n) is 4.85. The molecule has 0 spiro atoms. The lowest BCUT2D eigenvalue weighted by Gasteiger charge is -2.10. The number of carbonyl (C=O) groups is 1. The first-order chi connectivity index (χ1) is 9.66. The Kier molecular flexibility index (Phi) is 2.99. The van der Waals surface area contributed by atoms with E-state index in [1.54, 1.807) is 12.1 Å².